The Labute approximate surface area is 191 Å². The molecule has 0 radical (unpaired) electrons. The summed E-state index contributed by atoms with van der Waals surface area (Å²) in [5.74, 6) is -0.00376. The summed E-state index contributed by atoms with van der Waals surface area (Å²) in [6.45, 7) is 1.91. The lowest BCUT2D eigenvalue weighted by atomic mass is 10.0. The molecule has 0 bridgehead atoms. The molecule has 0 spiro atoms. The van der Waals surface area contributed by atoms with Gasteiger partial charge < -0.3 is 15.4 Å². The van der Waals surface area contributed by atoms with Gasteiger partial charge in [0.2, 0.25) is 5.95 Å². The SMILES string of the molecule is CC1(NC(=O)O[C@@H]2CC[C@H](c3cc(Nc4nccc5nc(CC(F)(F)F)cn45)n[nH]3)[C@@H]2F)CC1. The third-order valence-electron chi connectivity index (χ3n) is 6.21. The largest absolute Gasteiger partial charge is 0.443 e. The lowest BCUT2D eigenvalue weighted by Crippen LogP contribution is -2.38. The van der Waals surface area contributed by atoms with Crippen LogP contribution in [0.25, 0.3) is 5.65 Å². The highest BCUT2D eigenvalue weighted by Gasteiger charge is 2.43. The molecule has 3 aromatic heterocycles. The Hall–Kier alpha value is -3.38. The van der Waals surface area contributed by atoms with Crippen LogP contribution in [0.3, 0.4) is 0 Å². The second-order valence-corrected chi connectivity index (χ2v) is 9.11. The van der Waals surface area contributed by atoms with Crippen molar-refractivity contribution in [3.05, 3.63) is 35.9 Å². The maximum Gasteiger partial charge on any atom is 0.407 e. The molecule has 0 saturated heterocycles. The summed E-state index contributed by atoms with van der Waals surface area (Å²) in [6, 6.07) is 3.10. The highest BCUT2D eigenvalue weighted by molar-refractivity contribution is 5.69. The van der Waals surface area contributed by atoms with E-state index in [4.69, 9.17) is 4.74 Å². The highest BCUT2D eigenvalue weighted by atomic mass is 19.4. The number of alkyl halides is 4. The summed E-state index contributed by atoms with van der Waals surface area (Å²) >= 11 is 0. The van der Waals surface area contributed by atoms with Gasteiger partial charge in [-0.3, -0.25) is 9.50 Å². The molecule has 0 aromatic carbocycles. The lowest BCUT2D eigenvalue weighted by molar-refractivity contribution is -0.127. The first kappa shape index (κ1) is 22.4. The molecule has 3 N–H and O–H groups in total. The molecule has 9 nitrogen and oxygen atoms in total. The van der Waals surface area contributed by atoms with E-state index >= 15 is 4.39 Å². The number of aromatic nitrogens is 5. The Kier molecular flexibility index (Phi) is 5.36. The molecule has 3 atom stereocenters. The smallest absolute Gasteiger partial charge is 0.407 e. The van der Waals surface area contributed by atoms with Gasteiger partial charge in [-0.15, -0.1) is 0 Å². The van der Waals surface area contributed by atoms with Crippen LogP contribution in [0.4, 0.5) is 34.1 Å². The molecular weight excluding hydrogens is 458 g/mol. The fraction of sp³-hybridized carbons (Fsp3) is 0.524. The van der Waals surface area contributed by atoms with Crippen LogP contribution in [0.1, 0.15) is 49.9 Å². The lowest BCUT2D eigenvalue weighted by Gasteiger charge is -2.19. The number of anilines is 2. The normalized spacial score (nSPS) is 23.7. The number of aromatic amines is 1. The van der Waals surface area contributed by atoms with E-state index in [-0.39, 0.29) is 17.2 Å². The topological polar surface area (TPSA) is 109 Å². The molecule has 2 saturated carbocycles. The molecule has 2 fully saturated rings. The number of imidazole rings is 1. The van der Waals surface area contributed by atoms with E-state index in [9.17, 15) is 18.0 Å². The van der Waals surface area contributed by atoms with Crippen LogP contribution in [0.15, 0.2) is 24.5 Å². The van der Waals surface area contributed by atoms with Gasteiger partial charge >= 0.3 is 12.3 Å². The minimum absolute atomic E-state index is 0.136. The van der Waals surface area contributed by atoms with Crippen LogP contribution in [0, 0.1) is 0 Å². The van der Waals surface area contributed by atoms with E-state index in [1.54, 1.807) is 6.07 Å². The number of amides is 1. The standard InChI is InChI=1S/C21H23F4N7O2/c1-20(5-6-20)29-19(33)34-14-3-2-12(17(14)22)13-8-15(31-30-13)28-18-26-7-4-16-27-11(10-32(16)18)9-21(23,24)25/h4,7-8,10,12,14,17H,2-3,5-6,9H2,1H3,(H,29,33)(H2,26,28,30,31)/t12-,14-,17+/m1/s1. The molecule has 2 aliphatic rings. The maximum absolute atomic E-state index is 15.0. The maximum atomic E-state index is 15.0. The summed E-state index contributed by atoms with van der Waals surface area (Å²) in [4.78, 5) is 20.2. The quantitative estimate of drug-likeness (QED) is 0.456. The Bertz CT molecular complexity index is 1200. The summed E-state index contributed by atoms with van der Waals surface area (Å²) in [5, 5.41) is 12.6. The first-order valence-electron chi connectivity index (χ1n) is 10.9. The molecule has 1 amide bonds. The van der Waals surface area contributed by atoms with Gasteiger partial charge in [-0.05, 0) is 38.7 Å². The van der Waals surface area contributed by atoms with Gasteiger partial charge in [0.15, 0.2) is 5.82 Å². The van der Waals surface area contributed by atoms with Crippen LogP contribution in [0.5, 0.6) is 0 Å². The Morgan fingerprint density at radius 2 is 2.15 bits per heavy atom. The minimum atomic E-state index is -4.38. The van der Waals surface area contributed by atoms with Crippen molar-refractivity contribution in [1.82, 2.24) is 29.9 Å². The monoisotopic (exact) mass is 481 g/mol. The van der Waals surface area contributed by atoms with Crippen molar-refractivity contribution in [3.63, 3.8) is 0 Å². The van der Waals surface area contributed by atoms with E-state index in [2.05, 4.69) is 30.8 Å². The number of H-pyrrole nitrogens is 1. The third kappa shape index (κ3) is 4.77. The number of fused-ring (bicyclic) bond motifs is 1. The number of carbonyl (C=O) groups excluding carboxylic acids is 1. The third-order valence-corrected chi connectivity index (χ3v) is 6.21. The van der Waals surface area contributed by atoms with Gasteiger partial charge in [-0.2, -0.15) is 18.3 Å². The van der Waals surface area contributed by atoms with Crippen LogP contribution in [0.2, 0.25) is 0 Å². The van der Waals surface area contributed by atoms with Crippen molar-refractivity contribution in [2.24, 2.45) is 0 Å². The van der Waals surface area contributed by atoms with Crippen molar-refractivity contribution in [2.45, 2.75) is 68.9 Å². The van der Waals surface area contributed by atoms with Crippen LogP contribution < -0.4 is 10.6 Å². The zero-order valence-corrected chi connectivity index (χ0v) is 18.2. The number of alkyl carbamates (subject to hydrolysis) is 1. The summed E-state index contributed by atoms with van der Waals surface area (Å²) in [7, 11) is 0. The molecule has 34 heavy (non-hydrogen) atoms. The molecule has 3 heterocycles. The van der Waals surface area contributed by atoms with E-state index in [0.29, 0.717) is 30.0 Å². The van der Waals surface area contributed by atoms with Gasteiger partial charge in [0.1, 0.15) is 17.9 Å². The Morgan fingerprint density at radius 3 is 2.88 bits per heavy atom. The molecule has 0 aliphatic heterocycles. The van der Waals surface area contributed by atoms with Gasteiger partial charge in [0.25, 0.3) is 0 Å². The first-order valence-corrected chi connectivity index (χ1v) is 10.9. The summed E-state index contributed by atoms with van der Waals surface area (Å²) in [6.07, 6.45) is -3.10. The highest BCUT2D eigenvalue weighted by Crippen LogP contribution is 2.39. The van der Waals surface area contributed by atoms with Crippen molar-refractivity contribution in [3.8, 4) is 0 Å². The van der Waals surface area contributed by atoms with Gasteiger partial charge in [-0.1, -0.05) is 0 Å². The summed E-state index contributed by atoms with van der Waals surface area (Å²) in [5.41, 5.74) is 0.435. The molecule has 182 valence electrons. The fourth-order valence-electron chi connectivity index (χ4n) is 4.16. The number of hydrogen-bond acceptors (Lipinski definition) is 6. The van der Waals surface area contributed by atoms with Gasteiger partial charge in [0.05, 0.1) is 12.1 Å². The van der Waals surface area contributed by atoms with Crippen LogP contribution in [-0.2, 0) is 11.2 Å². The van der Waals surface area contributed by atoms with E-state index in [0.717, 1.165) is 12.8 Å². The van der Waals surface area contributed by atoms with E-state index < -0.39 is 36.9 Å². The van der Waals surface area contributed by atoms with Crippen molar-refractivity contribution < 1.29 is 27.1 Å². The van der Waals surface area contributed by atoms with Gasteiger partial charge in [0, 0.05) is 35.6 Å². The van der Waals surface area contributed by atoms with E-state index in [1.807, 2.05) is 6.92 Å². The molecule has 3 aromatic rings. The fourth-order valence-corrected chi connectivity index (χ4v) is 4.16. The number of rotatable bonds is 6. The van der Waals surface area contributed by atoms with Crippen LogP contribution in [-0.4, -0.2) is 54.7 Å². The molecular formula is C21H23F4N7O2. The molecule has 0 unspecified atom stereocenters. The minimum Gasteiger partial charge on any atom is -0.443 e. The number of halogens is 4. The van der Waals surface area contributed by atoms with Crippen molar-refractivity contribution >= 4 is 23.5 Å². The predicted molar refractivity (Wildman–Crippen MR) is 113 cm³/mol. The van der Waals surface area contributed by atoms with Crippen molar-refractivity contribution in [1.29, 1.82) is 0 Å². The predicted octanol–water partition coefficient (Wildman–Crippen LogP) is 4.16. The number of ether oxygens (including phenoxy) is 1. The second kappa shape index (κ2) is 8.13. The average Bonchev–Trinajstić information content (AvgIpc) is 3.10. The van der Waals surface area contributed by atoms with E-state index in [1.165, 1.54) is 22.9 Å². The second-order valence-electron chi connectivity index (χ2n) is 9.11. The average molecular weight is 481 g/mol. The van der Waals surface area contributed by atoms with Crippen molar-refractivity contribution in [2.75, 3.05) is 5.32 Å². The number of carbonyl (C=O) groups is 1. The summed E-state index contributed by atoms with van der Waals surface area (Å²) < 4.78 is 59.9. The number of nitrogens with one attached hydrogen (secondary N) is 3. The van der Waals surface area contributed by atoms with Gasteiger partial charge in [-0.25, -0.2) is 19.2 Å². The zero-order chi connectivity index (χ0) is 24.1. The Balaban J connectivity index is 1.25. The molecule has 2 aliphatic carbocycles. The molecule has 5 rings (SSSR count). The molecule has 13 heteroatoms. The Morgan fingerprint density at radius 1 is 1.35 bits per heavy atom. The van der Waals surface area contributed by atoms with Crippen LogP contribution >= 0.6 is 0 Å². The number of hydrogen-bond donors (Lipinski definition) is 3. The number of nitrogens with zero attached hydrogens (tertiary/aromatic N) is 4. The first-order chi connectivity index (χ1) is 16.1. The zero-order valence-electron chi connectivity index (χ0n) is 18.2.